The molecule has 0 aliphatic carbocycles. The zero-order valence-electron chi connectivity index (χ0n) is 18.2. The molecule has 0 saturated heterocycles. The monoisotopic (exact) mass is 442 g/mol. The molecule has 10 heteroatoms. The Kier molecular flexibility index (Phi) is 6.92. The highest BCUT2D eigenvalue weighted by atomic mass is 19.3. The molecule has 0 aromatic carbocycles. The summed E-state index contributed by atoms with van der Waals surface area (Å²) in [6.45, 7) is 6.23. The van der Waals surface area contributed by atoms with E-state index in [0.717, 1.165) is 19.0 Å². The summed E-state index contributed by atoms with van der Waals surface area (Å²) in [5, 5.41) is 5.57. The molecule has 0 radical (unpaired) electrons. The number of hydrogen-bond donors (Lipinski definition) is 2. The molecule has 3 rings (SSSR count). The van der Waals surface area contributed by atoms with Gasteiger partial charge in [0.1, 0.15) is 11.6 Å². The van der Waals surface area contributed by atoms with Crippen LogP contribution >= 0.6 is 0 Å². The van der Waals surface area contributed by atoms with Crippen molar-refractivity contribution in [2.45, 2.75) is 40.0 Å². The third kappa shape index (κ3) is 5.71. The second-order valence-electron chi connectivity index (χ2n) is 7.05. The number of nitrogens with zero attached hydrogens (tertiary/aromatic N) is 4. The van der Waals surface area contributed by atoms with Crippen LogP contribution in [-0.4, -0.2) is 32.4 Å². The van der Waals surface area contributed by atoms with Crippen LogP contribution in [0.3, 0.4) is 0 Å². The summed E-state index contributed by atoms with van der Waals surface area (Å²) in [6.07, 6.45) is 3.78. The molecule has 0 aliphatic rings. The first-order valence-electron chi connectivity index (χ1n) is 10.1. The molecule has 0 saturated carbocycles. The molecule has 3 aromatic heterocycles. The number of carbonyl (C=O) groups excluding carboxylic acids is 1. The number of halogens is 2. The van der Waals surface area contributed by atoms with Crippen LogP contribution in [-0.2, 0) is 17.1 Å². The van der Waals surface area contributed by atoms with E-state index in [1.54, 1.807) is 25.3 Å². The molecule has 168 valence electrons. The standard InChI is InChI=1S/C22H24F2N6O2/c1-5-15-8-7-14(11-25-15)16-9-20(30-21(29-16)22(4,23)24)28-17-10-19(27-13(3)31)26-12-18(17)32-6-2/h7-12H,5-6H2,1-4H3,(H2,26,27,28,29,30,31). The fourth-order valence-corrected chi connectivity index (χ4v) is 2.84. The Labute approximate surface area is 184 Å². The summed E-state index contributed by atoms with van der Waals surface area (Å²) < 4.78 is 33.9. The van der Waals surface area contributed by atoms with Crippen LogP contribution in [0.4, 0.5) is 26.1 Å². The average molecular weight is 442 g/mol. The number of carbonyl (C=O) groups is 1. The molecule has 0 aliphatic heterocycles. The minimum atomic E-state index is -3.26. The fourth-order valence-electron chi connectivity index (χ4n) is 2.84. The molecular weight excluding hydrogens is 418 g/mol. The van der Waals surface area contributed by atoms with Gasteiger partial charge in [-0.2, -0.15) is 8.78 Å². The first-order valence-corrected chi connectivity index (χ1v) is 10.1. The molecule has 3 heterocycles. The van der Waals surface area contributed by atoms with Crippen LogP contribution < -0.4 is 15.4 Å². The lowest BCUT2D eigenvalue weighted by atomic mass is 10.1. The molecule has 32 heavy (non-hydrogen) atoms. The van der Waals surface area contributed by atoms with Crippen molar-refractivity contribution in [3.63, 3.8) is 0 Å². The summed E-state index contributed by atoms with van der Waals surface area (Å²) >= 11 is 0. The highest BCUT2D eigenvalue weighted by molar-refractivity contribution is 5.88. The van der Waals surface area contributed by atoms with Crippen molar-refractivity contribution < 1.29 is 18.3 Å². The number of alkyl halides is 2. The first-order chi connectivity index (χ1) is 15.2. The van der Waals surface area contributed by atoms with Gasteiger partial charge in [0.2, 0.25) is 11.7 Å². The molecule has 2 N–H and O–H groups in total. The number of nitrogens with one attached hydrogen (secondary N) is 2. The predicted molar refractivity (Wildman–Crippen MR) is 117 cm³/mol. The highest BCUT2D eigenvalue weighted by Gasteiger charge is 2.29. The van der Waals surface area contributed by atoms with Gasteiger partial charge in [0.05, 0.1) is 24.2 Å². The van der Waals surface area contributed by atoms with Gasteiger partial charge in [0.15, 0.2) is 5.75 Å². The van der Waals surface area contributed by atoms with Crippen molar-refractivity contribution in [1.29, 1.82) is 0 Å². The molecular formula is C22H24F2N6O2. The van der Waals surface area contributed by atoms with E-state index in [4.69, 9.17) is 4.74 Å². The Morgan fingerprint density at radius 3 is 2.47 bits per heavy atom. The molecule has 1 amide bonds. The smallest absolute Gasteiger partial charge is 0.303 e. The van der Waals surface area contributed by atoms with Gasteiger partial charge in [-0.3, -0.25) is 9.78 Å². The van der Waals surface area contributed by atoms with Gasteiger partial charge in [0.25, 0.3) is 0 Å². The fraction of sp³-hybridized carbons (Fsp3) is 0.318. The molecule has 0 fully saturated rings. The first kappa shape index (κ1) is 23.0. The number of pyridine rings is 2. The number of hydrogen-bond acceptors (Lipinski definition) is 7. The Morgan fingerprint density at radius 2 is 1.88 bits per heavy atom. The number of anilines is 3. The third-order valence-electron chi connectivity index (χ3n) is 4.34. The van der Waals surface area contributed by atoms with Crippen LogP contribution in [0.5, 0.6) is 5.75 Å². The van der Waals surface area contributed by atoms with E-state index in [2.05, 4.69) is 30.6 Å². The molecule has 0 bridgehead atoms. The number of aromatic nitrogens is 4. The maximum Gasteiger partial charge on any atom is 0.303 e. The second-order valence-corrected chi connectivity index (χ2v) is 7.05. The zero-order valence-corrected chi connectivity index (χ0v) is 18.2. The van der Waals surface area contributed by atoms with Gasteiger partial charge in [0, 0.05) is 43.4 Å². The molecule has 8 nitrogen and oxygen atoms in total. The maximum atomic E-state index is 14.1. The van der Waals surface area contributed by atoms with E-state index in [0.29, 0.717) is 29.3 Å². The lowest BCUT2D eigenvalue weighted by Crippen LogP contribution is -2.15. The van der Waals surface area contributed by atoms with Gasteiger partial charge in [-0.05, 0) is 25.5 Å². The minimum Gasteiger partial charge on any atom is -0.490 e. The van der Waals surface area contributed by atoms with Gasteiger partial charge >= 0.3 is 5.92 Å². The van der Waals surface area contributed by atoms with Crippen LogP contribution in [0, 0.1) is 0 Å². The second kappa shape index (κ2) is 9.63. The lowest BCUT2D eigenvalue weighted by Gasteiger charge is -2.16. The summed E-state index contributed by atoms with van der Waals surface area (Å²) in [5.41, 5.74) is 2.16. The van der Waals surface area contributed by atoms with Crippen molar-refractivity contribution in [3.8, 4) is 17.0 Å². The van der Waals surface area contributed by atoms with Crippen molar-refractivity contribution in [1.82, 2.24) is 19.9 Å². The lowest BCUT2D eigenvalue weighted by molar-refractivity contribution is -0.114. The number of aryl methyl sites for hydroxylation is 1. The van der Waals surface area contributed by atoms with Gasteiger partial charge in [-0.25, -0.2) is 15.0 Å². The van der Waals surface area contributed by atoms with Gasteiger partial charge < -0.3 is 15.4 Å². The van der Waals surface area contributed by atoms with E-state index in [-0.39, 0.29) is 17.5 Å². The average Bonchev–Trinajstić information content (AvgIpc) is 2.74. The molecule has 0 unspecified atom stereocenters. The predicted octanol–water partition coefficient (Wildman–Crippen LogP) is 4.71. The summed E-state index contributed by atoms with van der Waals surface area (Å²) in [4.78, 5) is 27.9. The molecule has 0 atom stereocenters. The van der Waals surface area contributed by atoms with Crippen molar-refractivity contribution >= 4 is 23.2 Å². The maximum absolute atomic E-state index is 14.1. The highest BCUT2D eigenvalue weighted by Crippen LogP contribution is 2.32. The van der Waals surface area contributed by atoms with Gasteiger partial charge in [-0.15, -0.1) is 0 Å². The van der Waals surface area contributed by atoms with Crippen molar-refractivity contribution in [3.05, 3.63) is 48.2 Å². The van der Waals surface area contributed by atoms with E-state index in [1.165, 1.54) is 19.2 Å². The Morgan fingerprint density at radius 1 is 1.09 bits per heavy atom. The third-order valence-corrected chi connectivity index (χ3v) is 4.34. The number of ether oxygens (including phenoxy) is 1. The minimum absolute atomic E-state index is 0.132. The zero-order chi connectivity index (χ0) is 23.3. The largest absolute Gasteiger partial charge is 0.490 e. The quantitative estimate of drug-likeness (QED) is 0.521. The van der Waals surface area contributed by atoms with E-state index < -0.39 is 11.7 Å². The Bertz CT molecular complexity index is 1100. The molecule has 0 spiro atoms. The van der Waals surface area contributed by atoms with E-state index in [1.807, 2.05) is 13.0 Å². The summed E-state index contributed by atoms with van der Waals surface area (Å²) in [7, 11) is 0. The van der Waals surface area contributed by atoms with Crippen LogP contribution in [0.2, 0.25) is 0 Å². The summed E-state index contributed by atoms with van der Waals surface area (Å²) in [5.74, 6) is -3.41. The normalized spacial score (nSPS) is 11.2. The molecule has 3 aromatic rings. The van der Waals surface area contributed by atoms with Gasteiger partial charge in [-0.1, -0.05) is 6.92 Å². The Hall–Kier alpha value is -3.69. The number of amides is 1. The van der Waals surface area contributed by atoms with Crippen molar-refractivity contribution in [2.24, 2.45) is 0 Å². The van der Waals surface area contributed by atoms with E-state index in [9.17, 15) is 13.6 Å². The summed E-state index contributed by atoms with van der Waals surface area (Å²) in [6, 6.07) is 6.69. The SMILES string of the molecule is CCOc1cnc(NC(C)=O)cc1Nc1cc(-c2ccc(CC)nc2)nc(C(C)(F)F)n1. The van der Waals surface area contributed by atoms with E-state index >= 15 is 0 Å². The van der Waals surface area contributed by atoms with Crippen molar-refractivity contribution in [2.75, 3.05) is 17.2 Å². The van der Waals surface area contributed by atoms with Crippen LogP contribution in [0.1, 0.15) is 39.2 Å². The van der Waals surface area contributed by atoms with Crippen LogP contribution in [0.25, 0.3) is 11.3 Å². The number of rotatable bonds is 8. The topological polar surface area (TPSA) is 102 Å². The Balaban J connectivity index is 2.05. The van der Waals surface area contributed by atoms with Crippen LogP contribution in [0.15, 0.2) is 36.7 Å².